The third kappa shape index (κ3) is 4.97. The molecule has 3 heteroatoms. The van der Waals surface area contributed by atoms with E-state index in [4.69, 9.17) is 0 Å². The molecule has 0 aromatic carbocycles. The number of hydrogen-bond donors (Lipinski definition) is 2. The Morgan fingerprint density at radius 2 is 2.06 bits per heavy atom. The fraction of sp³-hybridized carbons (Fsp3) is 0.923. The van der Waals surface area contributed by atoms with E-state index in [-0.39, 0.29) is 11.4 Å². The van der Waals surface area contributed by atoms with Gasteiger partial charge in [0.2, 0.25) is 5.91 Å². The van der Waals surface area contributed by atoms with Crippen LogP contribution in [-0.4, -0.2) is 24.5 Å². The second kappa shape index (κ2) is 6.89. The third-order valence-corrected chi connectivity index (χ3v) is 3.32. The summed E-state index contributed by atoms with van der Waals surface area (Å²) in [6.07, 6.45) is 7.79. The van der Waals surface area contributed by atoms with Gasteiger partial charge >= 0.3 is 0 Å². The lowest BCUT2D eigenvalue weighted by atomic mass is 10.0. The average Bonchev–Trinajstić information content (AvgIpc) is 2.64. The van der Waals surface area contributed by atoms with E-state index in [0.717, 1.165) is 25.9 Å². The van der Waals surface area contributed by atoms with Crippen molar-refractivity contribution in [3.8, 4) is 0 Å². The summed E-state index contributed by atoms with van der Waals surface area (Å²) in [6.45, 7) is 6.27. The van der Waals surface area contributed by atoms with Crippen LogP contribution in [0.2, 0.25) is 0 Å². The van der Waals surface area contributed by atoms with Crippen LogP contribution in [0.1, 0.15) is 58.8 Å². The van der Waals surface area contributed by atoms with Gasteiger partial charge in [-0.05, 0) is 26.3 Å². The molecule has 1 amide bonds. The molecule has 0 aliphatic carbocycles. The van der Waals surface area contributed by atoms with E-state index in [1.54, 1.807) is 0 Å². The summed E-state index contributed by atoms with van der Waals surface area (Å²) in [7, 11) is 0. The van der Waals surface area contributed by atoms with E-state index in [2.05, 4.69) is 24.5 Å². The van der Waals surface area contributed by atoms with Gasteiger partial charge in [-0.2, -0.15) is 0 Å². The topological polar surface area (TPSA) is 41.1 Å². The van der Waals surface area contributed by atoms with Gasteiger partial charge in [0.1, 0.15) is 0 Å². The van der Waals surface area contributed by atoms with Crippen LogP contribution >= 0.6 is 0 Å². The molecular formula is C13H26N2O. The van der Waals surface area contributed by atoms with Gasteiger partial charge in [-0.25, -0.2) is 0 Å². The number of rotatable bonds is 7. The minimum absolute atomic E-state index is 0.000498. The van der Waals surface area contributed by atoms with Crippen LogP contribution < -0.4 is 10.6 Å². The lowest BCUT2D eigenvalue weighted by Gasteiger charge is -2.24. The summed E-state index contributed by atoms with van der Waals surface area (Å²) in [6, 6.07) is 0. The van der Waals surface area contributed by atoms with Crippen molar-refractivity contribution >= 4 is 5.91 Å². The second-order valence-electron chi connectivity index (χ2n) is 5.20. The van der Waals surface area contributed by atoms with Crippen molar-refractivity contribution in [3.05, 3.63) is 0 Å². The maximum Gasteiger partial charge on any atom is 0.220 e. The van der Waals surface area contributed by atoms with Gasteiger partial charge in [0.15, 0.2) is 0 Å². The van der Waals surface area contributed by atoms with Crippen LogP contribution in [0.3, 0.4) is 0 Å². The molecule has 0 aromatic heterocycles. The van der Waals surface area contributed by atoms with E-state index in [1.807, 2.05) is 0 Å². The van der Waals surface area contributed by atoms with Crippen molar-refractivity contribution in [2.24, 2.45) is 0 Å². The summed E-state index contributed by atoms with van der Waals surface area (Å²) in [5.41, 5.74) is 0.000498. The molecule has 1 fully saturated rings. The summed E-state index contributed by atoms with van der Waals surface area (Å²) in [5.74, 6) is 0.225. The lowest BCUT2D eigenvalue weighted by Crippen LogP contribution is -2.47. The first-order valence-electron chi connectivity index (χ1n) is 6.68. The van der Waals surface area contributed by atoms with E-state index in [0.29, 0.717) is 6.42 Å². The summed E-state index contributed by atoms with van der Waals surface area (Å²) in [5, 5.41) is 6.43. The van der Waals surface area contributed by atoms with E-state index >= 15 is 0 Å². The maximum absolute atomic E-state index is 11.7. The van der Waals surface area contributed by atoms with Crippen LogP contribution in [-0.2, 0) is 4.79 Å². The van der Waals surface area contributed by atoms with Crippen LogP contribution in [0.5, 0.6) is 0 Å². The molecule has 1 rings (SSSR count). The summed E-state index contributed by atoms with van der Waals surface area (Å²) >= 11 is 0. The van der Waals surface area contributed by atoms with Crippen LogP contribution in [0.25, 0.3) is 0 Å². The first kappa shape index (κ1) is 13.5. The maximum atomic E-state index is 11.7. The number of carbonyl (C=O) groups is 1. The number of unbranched alkanes of at least 4 members (excludes halogenated alkanes) is 4. The normalized spacial score (nSPS) is 24.6. The Labute approximate surface area is 99.4 Å². The average molecular weight is 226 g/mol. The molecule has 0 saturated carbocycles. The molecule has 0 spiro atoms. The fourth-order valence-electron chi connectivity index (χ4n) is 2.21. The van der Waals surface area contributed by atoms with Crippen LogP contribution in [0.4, 0.5) is 0 Å². The molecular weight excluding hydrogens is 200 g/mol. The largest absolute Gasteiger partial charge is 0.350 e. The van der Waals surface area contributed by atoms with Crippen LogP contribution in [0, 0.1) is 0 Å². The predicted octanol–water partition coefficient (Wildman–Crippen LogP) is 2.22. The van der Waals surface area contributed by atoms with Gasteiger partial charge in [0, 0.05) is 13.0 Å². The molecule has 16 heavy (non-hydrogen) atoms. The number of amides is 1. The Morgan fingerprint density at radius 3 is 2.69 bits per heavy atom. The van der Waals surface area contributed by atoms with Crippen molar-refractivity contribution < 1.29 is 4.79 Å². The number of carbonyl (C=O) groups excluding carboxylic acids is 1. The highest BCUT2D eigenvalue weighted by molar-refractivity contribution is 5.76. The monoisotopic (exact) mass is 226 g/mol. The zero-order chi connectivity index (χ0) is 11.9. The first-order valence-corrected chi connectivity index (χ1v) is 6.68. The number of hydrogen-bond acceptors (Lipinski definition) is 2. The third-order valence-electron chi connectivity index (χ3n) is 3.32. The SMILES string of the molecule is CCCCCCCC(=O)NC1(C)CCNC1. The summed E-state index contributed by atoms with van der Waals surface area (Å²) < 4.78 is 0. The van der Waals surface area contributed by atoms with E-state index in [9.17, 15) is 4.79 Å². The van der Waals surface area contributed by atoms with E-state index in [1.165, 1.54) is 25.7 Å². The van der Waals surface area contributed by atoms with Gasteiger partial charge in [0.05, 0.1) is 5.54 Å². The Morgan fingerprint density at radius 1 is 1.31 bits per heavy atom. The molecule has 0 radical (unpaired) electrons. The van der Waals surface area contributed by atoms with E-state index < -0.39 is 0 Å². The molecule has 94 valence electrons. The molecule has 1 unspecified atom stereocenters. The van der Waals surface area contributed by atoms with Crippen molar-refractivity contribution in [2.45, 2.75) is 64.3 Å². The summed E-state index contributed by atoms with van der Waals surface area (Å²) in [4.78, 5) is 11.7. The standard InChI is InChI=1S/C13H26N2O/c1-3-4-5-6-7-8-12(16)15-13(2)9-10-14-11-13/h14H,3-11H2,1-2H3,(H,15,16). The first-order chi connectivity index (χ1) is 7.66. The van der Waals surface area contributed by atoms with Gasteiger partial charge in [-0.3, -0.25) is 4.79 Å². The Bertz CT molecular complexity index is 210. The molecule has 1 heterocycles. The van der Waals surface area contributed by atoms with Crippen molar-refractivity contribution in [3.63, 3.8) is 0 Å². The highest BCUT2D eigenvalue weighted by Crippen LogP contribution is 2.14. The highest BCUT2D eigenvalue weighted by Gasteiger charge is 2.29. The zero-order valence-electron chi connectivity index (χ0n) is 10.8. The van der Waals surface area contributed by atoms with Crippen LogP contribution in [0.15, 0.2) is 0 Å². The molecule has 1 saturated heterocycles. The Kier molecular flexibility index (Phi) is 5.81. The highest BCUT2D eigenvalue weighted by atomic mass is 16.1. The Balaban J connectivity index is 2.06. The number of nitrogens with one attached hydrogen (secondary N) is 2. The van der Waals surface area contributed by atoms with Gasteiger partial charge < -0.3 is 10.6 Å². The molecule has 2 N–H and O–H groups in total. The minimum atomic E-state index is 0.000498. The van der Waals surface area contributed by atoms with Gasteiger partial charge in [0.25, 0.3) is 0 Å². The predicted molar refractivity (Wildman–Crippen MR) is 67.4 cm³/mol. The fourth-order valence-corrected chi connectivity index (χ4v) is 2.21. The Hall–Kier alpha value is -0.570. The van der Waals surface area contributed by atoms with Gasteiger partial charge in [-0.1, -0.05) is 32.6 Å². The molecule has 3 nitrogen and oxygen atoms in total. The molecule has 1 aliphatic rings. The lowest BCUT2D eigenvalue weighted by molar-refractivity contribution is -0.122. The zero-order valence-corrected chi connectivity index (χ0v) is 10.8. The van der Waals surface area contributed by atoms with Crippen molar-refractivity contribution in [2.75, 3.05) is 13.1 Å². The molecule has 0 bridgehead atoms. The van der Waals surface area contributed by atoms with Gasteiger partial charge in [-0.15, -0.1) is 0 Å². The molecule has 0 aromatic rings. The quantitative estimate of drug-likeness (QED) is 0.654. The smallest absolute Gasteiger partial charge is 0.220 e. The van der Waals surface area contributed by atoms with Crippen molar-refractivity contribution in [1.82, 2.24) is 10.6 Å². The molecule has 1 aliphatic heterocycles. The molecule has 1 atom stereocenters. The minimum Gasteiger partial charge on any atom is -0.350 e. The second-order valence-corrected chi connectivity index (χ2v) is 5.20. The van der Waals surface area contributed by atoms with Crippen molar-refractivity contribution in [1.29, 1.82) is 0 Å².